The summed E-state index contributed by atoms with van der Waals surface area (Å²) in [6.45, 7) is 4.60. The molecule has 4 heteroatoms. The first-order valence-corrected chi connectivity index (χ1v) is 9.19. The van der Waals surface area contributed by atoms with Crippen LogP contribution in [0.1, 0.15) is 45.1 Å². The van der Waals surface area contributed by atoms with Crippen LogP contribution in [0.4, 0.5) is 4.39 Å². The molecule has 2 saturated carbocycles. The van der Waals surface area contributed by atoms with Gasteiger partial charge >= 0.3 is 0 Å². The third-order valence-electron chi connectivity index (χ3n) is 6.00. The van der Waals surface area contributed by atoms with Crippen LogP contribution in [-0.4, -0.2) is 29.9 Å². The second kappa shape index (κ2) is 7.22. The Kier molecular flexibility index (Phi) is 5.24. The summed E-state index contributed by atoms with van der Waals surface area (Å²) < 4.78 is 13.3. The summed E-state index contributed by atoms with van der Waals surface area (Å²) >= 11 is 0. The molecule has 1 amide bonds. The lowest BCUT2D eigenvalue weighted by atomic mass is 9.84. The molecular weight excluding hydrogens is 303 g/mol. The van der Waals surface area contributed by atoms with E-state index >= 15 is 0 Å². The number of hydrogen-bond acceptors (Lipinski definition) is 2. The molecule has 0 aliphatic heterocycles. The second-order valence-corrected chi connectivity index (χ2v) is 7.84. The zero-order valence-corrected chi connectivity index (χ0v) is 15.0. The maximum absolute atomic E-state index is 13.3. The molecule has 1 aromatic rings. The summed E-state index contributed by atoms with van der Waals surface area (Å²) in [7, 11) is 1.79. The number of benzene rings is 1. The van der Waals surface area contributed by atoms with Crippen molar-refractivity contribution >= 4 is 5.91 Å². The van der Waals surface area contributed by atoms with E-state index in [0.29, 0.717) is 18.5 Å². The van der Waals surface area contributed by atoms with Gasteiger partial charge in [0, 0.05) is 19.6 Å². The Balaban J connectivity index is 1.52. The molecule has 0 saturated heterocycles. The first-order valence-electron chi connectivity index (χ1n) is 9.19. The molecule has 2 fully saturated rings. The van der Waals surface area contributed by atoms with Gasteiger partial charge in [-0.1, -0.05) is 18.6 Å². The van der Waals surface area contributed by atoms with Crippen LogP contribution in [0.2, 0.25) is 0 Å². The average Bonchev–Trinajstić information content (AvgIpc) is 3.17. The van der Waals surface area contributed by atoms with E-state index in [1.165, 1.54) is 37.8 Å². The summed E-state index contributed by atoms with van der Waals surface area (Å²) in [4.78, 5) is 14.3. The highest BCUT2D eigenvalue weighted by molar-refractivity contribution is 5.81. The Morgan fingerprint density at radius 3 is 2.75 bits per heavy atom. The number of halogens is 1. The van der Waals surface area contributed by atoms with Gasteiger partial charge in [-0.2, -0.15) is 0 Å². The summed E-state index contributed by atoms with van der Waals surface area (Å²) in [5.74, 6) is 2.29. The number of nitrogens with one attached hydrogen (secondary N) is 1. The molecule has 1 aromatic carbocycles. The van der Waals surface area contributed by atoms with E-state index in [0.717, 1.165) is 17.4 Å². The maximum Gasteiger partial charge on any atom is 0.239 e. The quantitative estimate of drug-likeness (QED) is 0.863. The molecule has 2 aliphatic rings. The van der Waals surface area contributed by atoms with Crippen molar-refractivity contribution in [2.45, 2.75) is 58.2 Å². The van der Waals surface area contributed by atoms with Crippen molar-refractivity contribution in [3.63, 3.8) is 0 Å². The van der Waals surface area contributed by atoms with Crippen molar-refractivity contribution in [3.8, 4) is 0 Å². The molecule has 0 heterocycles. The fraction of sp³-hybridized carbons (Fsp3) is 0.650. The number of nitrogens with zero attached hydrogens (tertiary/aromatic N) is 1. The normalized spacial score (nSPS) is 27.9. The van der Waals surface area contributed by atoms with Crippen molar-refractivity contribution in [1.29, 1.82) is 0 Å². The van der Waals surface area contributed by atoms with Crippen molar-refractivity contribution in [3.05, 3.63) is 35.6 Å². The zero-order chi connectivity index (χ0) is 17.3. The van der Waals surface area contributed by atoms with Crippen LogP contribution >= 0.6 is 0 Å². The Morgan fingerprint density at radius 1 is 1.33 bits per heavy atom. The lowest BCUT2D eigenvalue weighted by Crippen LogP contribution is -2.49. The summed E-state index contributed by atoms with van der Waals surface area (Å²) in [5.41, 5.74) is 0.819. The largest absolute Gasteiger partial charge is 0.340 e. The van der Waals surface area contributed by atoms with Gasteiger partial charge in [0.05, 0.1) is 6.04 Å². The molecule has 0 unspecified atom stereocenters. The minimum atomic E-state index is -0.260. The zero-order valence-electron chi connectivity index (χ0n) is 15.0. The molecule has 1 N–H and O–H groups in total. The molecule has 5 atom stereocenters. The molecule has 24 heavy (non-hydrogen) atoms. The van der Waals surface area contributed by atoms with Gasteiger partial charge in [0.2, 0.25) is 5.91 Å². The van der Waals surface area contributed by atoms with Gasteiger partial charge in [0.1, 0.15) is 5.82 Å². The van der Waals surface area contributed by atoms with E-state index in [2.05, 4.69) is 12.2 Å². The predicted octanol–water partition coefficient (Wildman–Crippen LogP) is 3.59. The Morgan fingerprint density at radius 2 is 2.12 bits per heavy atom. The van der Waals surface area contributed by atoms with Crippen LogP contribution in [0.15, 0.2) is 24.3 Å². The van der Waals surface area contributed by atoms with Crippen LogP contribution in [-0.2, 0) is 11.3 Å². The first-order chi connectivity index (χ1) is 11.4. The summed E-state index contributed by atoms with van der Waals surface area (Å²) in [5, 5.41) is 3.52. The number of carbonyl (C=O) groups excluding carboxylic acids is 1. The maximum atomic E-state index is 13.3. The third-order valence-corrected chi connectivity index (χ3v) is 6.00. The standard InChI is InChI=1S/C20H29FN2O/c1-13(19-11-15-7-8-17(19)9-15)22-14(2)20(24)23(3)12-16-5-4-6-18(21)10-16/h4-6,10,13-15,17,19,22H,7-9,11-12H2,1-3H3/t13-,14+,15+,17+,19+/m1/s1. The predicted molar refractivity (Wildman–Crippen MR) is 93.9 cm³/mol. The number of fused-ring (bicyclic) bond motifs is 2. The van der Waals surface area contributed by atoms with Gasteiger partial charge in [0.25, 0.3) is 0 Å². The molecular formula is C20H29FN2O. The van der Waals surface area contributed by atoms with E-state index in [1.54, 1.807) is 18.0 Å². The van der Waals surface area contributed by atoms with Gasteiger partial charge < -0.3 is 10.2 Å². The van der Waals surface area contributed by atoms with Crippen LogP contribution in [0.5, 0.6) is 0 Å². The molecule has 0 spiro atoms. The highest BCUT2D eigenvalue weighted by Gasteiger charge is 2.42. The number of likely N-dealkylation sites (N-methyl/N-ethyl adjacent to an activating group) is 1. The van der Waals surface area contributed by atoms with E-state index < -0.39 is 0 Å². The fourth-order valence-electron chi connectivity index (χ4n) is 4.81. The monoisotopic (exact) mass is 332 g/mol. The molecule has 3 rings (SSSR count). The minimum Gasteiger partial charge on any atom is -0.340 e. The van der Waals surface area contributed by atoms with Crippen molar-refractivity contribution in [2.24, 2.45) is 17.8 Å². The van der Waals surface area contributed by atoms with E-state index in [1.807, 2.05) is 13.0 Å². The summed E-state index contributed by atoms with van der Waals surface area (Å²) in [6, 6.07) is 6.61. The first kappa shape index (κ1) is 17.4. The highest BCUT2D eigenvalue weighted by atomic mass is 19.1. The number of rotatable bonds is 6. The third kappa shape index (κ3) is 3.80. The Bertz CT molecular complexity index is 591. The van der Waals surface area contributed by atoms with Crippen molar-refractivity contribution < 1.29 is 9.18 Å². The van der Waals surface area contributed by atoms with Gasteiger partial charge in [-0.15, -0.1) is 0 Å². The van der Waals surface area contributed by atoms with Crippen LogP contribution < -0.4 is 5.32 Å². The second-order valence-electron chi connectivity index (χ2n) is 7.84. The lowest BCUT2D eigenvalue weighted by molar-refractivity contribution is -0.132. The molecule has 132 valence electrons. The lowest BCUT2D eigenvalue weighted by Gasteiger charge is -2.31. The number of carbonyl (C=O) groups is 1. The van der Waals surface area contributed by atoms with Crippen molar-refractivity contribution in [1.82, 2.24) is 10.2 Å². The minimum absolute atomic E-state index is 0.0641. The molecule has 0 aromatic heterocycles. The highest BCUT2D eigenvalue weighted by Crippen LogP contribution is 2.49. The van der Waals surface area contributed by atoms with Gasteiger partial charge in [0.15, 0.2) is 0 Å². The SMILES string of the molecule is C[C@H](N[C@H](C)[C@@H]1C[C@H]2CC[C@H]1C2)C(=O)N(C)Cc1cccc(F)c1. The van der Waals surface area contributed by atoms with Crippen LogP contribution in [0.25, 0.3) is 0 Å². The van der Waals surface area contributed by atoms with Crippen molar-refractivity contribution in [2.75, 3.05) is 7.05 Å². The molecule has 0 radical (unpaired) electrons. The molecule has 2 aliphatic carbocycles. The fourth-order valence-corrected chi connectivity index (χ4v) is 4.81. The van der Waals surface area contributed by atoms with Gasteiger partial charge in [-0.25, -0.2) is 4.39 Å². The number of hydrogen-bond donors (Lipinski definition) is 1. The molecule has 2 bridgehead atoms. The molecule has 3 nitrogen and oxygen atoms in total. The van der Waals surface area contributed by atoms with E-state index in [-0.39, 0.29) is 17.8 Å². The summed E-state index contributed by atoms with van der Waals surface area (Å²) in [6.07, 6.45) is 5.47. The van der Waals surface area contributed by atoms with Gasteiger partial charge in [-0.05, 0) is 68.6 Å². The van der Waals surface area contributed by atoms with E-state index in [4.69, 9.17) is 0 Å². The van der Waals surface area contributed by atoms with E-state index in [9.17, 15) is 9.18 Å². The van der Waals surface area contributed by atoms with Crippen LogP contribution in [0, 0.1) is 23.6 Å². The smallest absolute Gasteiger partial charge is 0.239 e. The average molecular weight is 332 g/mol. The Hall–Kier alpha value is -1.42. The number of amides is 1. The van der Waals surface area contributed by atoms with Gasteiger partial charge in [-0.3, -0.25) is 4.79 Å². The Labute approximate surface area is 144 Å². The topological polar surface area (TPSA) is 32.3 Å². The van der Waals surface area contributed by atoms with Crippen LogP contribution in [0.3, 0.4) is 0 Å².